The number of imidazole rings is 1. The van der Waals surface area contributed by atoms with Gasteiger partial charge in [0.1, 0.15) is 6.33 Å². The van der Waals surface area contributed by atoms with Crippen LogP contribution in [0.5, 0.6) is 0 Å². The van der Waals surface area contributed by atoms with Crippen LogP contribution in [0.1, 0.15) is 24.0 Å². The summed E-state index contributed by atoms with van der Waals surface area (Å²) in [7, 11) is 0. The van der Waals surface area contributed by atoms with E-state index in [9.17, 15) is 9.59 Å². The molecule has 0 saturated carbocycles. The van der Waals surface area contributed by atoms with Gasteiger partial charge in [0.05, 0.1) is 17.0 Å². The number of aryl methyl sites for hydroxylation is 2. The molecule has 0 radical (unpaired) electrons. The molecule has 0 spiro atoms. The maximum Gasteiger partial charge on any atom is 0.244 e. The van der Waals surface area contributed by atoms with Gasteiger partial charge in [-0.25, -0.2) is 9.66 Å². The molecule has 27 heavy (non-hydrogen) atoms. The van der Waals surface area contributed by atoms with E-state index >= 15 is 0 Å². The third kappa shape index (κ3) is 2.77. The molecule has 0 bridgehead atoms. The molecule has 3 aromatic rings. The summed E-state index contributed by atoms with van der Waals surface area (Å²) >= 11 is 0. The SMILES string of the molecule is O=C(Nn1cnc2ccccc21)[C@@H]1CC(=O)N(c2ccc3c(c2)CCC3)C1. The molecule has 1 atom stereocenters. The van der Waals surface area contributed by atoms with Crippen molar-refractivity contribution in [3.8, 4) is 0 Å². The lowest BCUT2D eigenvalue weighted by atomic mass is 10.1. The van der Waals surface area contributed by atoms with Crippen LogP contribution in [0.25, 0.3) is 11.0 Å². The normalized spacial score (nSPS) is 18.9. The number of aromatic nitrogens is 2. The quantitative estimate of drug-likeness (QED) is 0.781. The van der Waals surface area contributed by atoms with Gasteiger partial charge in [-0.2, -0.15) is 0 Å². The molecule has 1 fully saturated rings. The highest BCUT2D eigenvalue weighted by Crippen LogP contribution is 2.30. The number of anilines is 1. The van der Waals surface area contributed by atoms with Crippen LogP contribution in [0.2, 0.25) is 0 Å². The van der Waals surface area contributed by atoms with Crippen molar-refractivity contribution in [2.24, 2.45) is 5.92 Å². The Bertz CT molecular complexity index is 1060. The van der Waals surface area contributed by atoms with E-state index in [0.29, 0.717) is 6.54 Å². The molecule has 5 rings (SSSR count). The number of amides is 2. The maximum atomic E-state index is 12.7. The minimum Gasteiger partial charge on any atom is -0.312 e. The van der Waals surface area contributed by atoms with Gasteiger partial charge in [-0.3, -0.25) is 15.0 Å². The molecule has 1 aliphatic heterocycles. The van der Waals surface area contributed by atoms with Crippen LogP contribution >= 0.6 is 0 Å². The fourth-order valence-electron chi connectivity index (χ4n) is 4.12. The third-order valence-electron chi connectivity index (χ3n) is 5.57. The summed E-state index contributed by atoms with van der Waals surface area (Å²) < 4.78 is 1.63. The van der Waals surface area contributed by atoms with E-state index in [4.69, 9.17) is 0 Å². The van der Waals surface area contributed by atoms with Gasteiger partial charge in [-0.1, -0.05) is 18.2 Å². The van der Waals surface area contributed by atoms with Crippen molar-refractivity contribution in [3.05, 3.63) is 59.9 Å². The number of fused-ring (bicyclic) bond motifs is 2. The van der Waals surface area contributed by atoms with Gasteiger partial charge >= 0.3 is 0 Å². The van der Waals surface area contributed by atoms with E-state index in [-0.39, 0.29) is 24.2 Å². The molecule has 2 aliphatic rings. The van der Waals surface area contributed by atoms with E-state index in [2.05, 4.69) is 22.5 Å². The fraction of sp³-hybridized carbons (Fsp3) is 0.286. The van der Waals surface area contributed by atoms with Crippen molar-refractivity contribution in [1.82, 2.24) is 9.66 Å². The van der Waals surface area contributed by atoms with E-state index in [1.165, 1.54) is 17.5 Å². The number of nitrogens with zero attached hydrogens (tertiary/aromatic N) is 3. The molecule has 6 nitrogen and oxygen atoms in total. The summed E-state index contributed by atoms with van der Waals surface area (Å²) in [5, 5.41) is 0. The summed E-state index contributed by atoms with van der Waals surface area (Å²) in [5.74, 6) is -0.523. The average Bonchev–Trinajstić information content (AvgIpc) is 3.39. The van der Waals surface area contributed by atoms with Crippen molar-refractivity contribution >= 4 is 28.5 Å². The molecule has 1 saturated heterocycles. The number of carbonyl (C=O) groups is 2. The molecule has 136 valence electrons. The standard InChI is InChI=1S/C21H20N4O2/c26-20-11-16(12-24(20)17-9-8-14-4-3-5-15(14)10-17)21(27)23-25-13-22-18-6-1-2-7-19(18)25/h1-2,6-10,13,16H,3-5,11-12H2,(H,23,27)/t16-/m1/s1. The van der Waals surface area contributed by atoms with Gasteiger partial charge < -0.3 is 4.90 Å². The monoisotopic (exact) mass is 360 g/mol. The second-order valence-corrected chi connectivity index (χ2v) is 7.29. The largest absolute Gasteiger partial charge is 0.312 e. The fourth-order valence-corrected chi connectivity index (χ4v) is 4.12. The Labute approximate surface area is 156 Å². The Kier molecular flexibility index (Phi) is 3.70. The lowest BCUT2D eigenvalue weighted by molar-refractivity contribution is -0.123. The molecular weight excluding hydrogens is 340 g/mol. The highest BCUT2D eigenvalue weighted by atomic mass is 16.2. The molecule has 1 N–H and O–H groups in total. The predicted molar refractivity (Wildman–Crippen MR) is 103 cm³/mol. The molecule has 2 heterocycles. The Hall–Kier alpha value is -3.15. The summed E-state index contributed by atoms with van der Waals surface area (Å²) in [5.41, 5.74) is 8.15. The van der Waals surface area contributed by atoms with Gasteiger partial charge in [-0.15, -0.1) is 0 Å². The summed E-state index contributed by atoms with van der Waals surface area (Å²) in [6, 6.07) is 13.9. The van der Waals surface area contributed by atoms with Crippen molar-refractivity contribution in [1.29, 1.82) is 0 Å². The number of para-hydroxylation sites is 2. The Morgan fingerprint density at radius 1 is 1.11 bits per heavy atom. The molecule has 2 amide bonds. The number of nitrogens with one attached hydrogen (secondary N) is 1. The first kappa shape index (κ1) is 16.1. The average molecular weight is 360 g/mol. The third-order valence-corrected chi connectivity index (χ3v) is 5.57. The summed E-state index contributed by atoms with van der Waals surface area (Å²) in [6.45, 7) is 0.413. The van der Waals surface area contributed by atoms with Crippen LogP contribution in [0.3, 0.4) is 0 Å². The van der Waals surface area contributed by atoms with Gasteiger partial charge in [0.15, 0.2) is 0 Å². The van der Waals surface area contributed by atoms with Crippen molar-refractivity contribution in [3.63, 3.8) is 0 Å². The topological polar surface area (TPSA) is 67.2 Å². The van der Waals surface area contributed by atoms with Gasteiger partial charge in [-0.05, 0) is 54.7 Å². The maximum absolute atomic E-state index is 12.7. The highest BCUT2D eigenvalue weighted by Gasteiger charge is 2.35. The molecular formula is C21H20N4O2. The molecule has 1 aliphatic carbocycles. The molecule has 1 aromatic heterocycles. The van der Waals surface area contributed by atoms with Crippen molar-refractivity contribution in [2.75, 3.05) is 16.9 Å². The minimum atomic E-state index is -0.369. The van der Waals surface area contributed by atoms with Gasteiger partial charge in [0.25, 0.3) is 0 Å². The Morgan fingerprint density at radius 2 is 1.96 bits per heavy atom. The predicted octanol–water partition coefficient (Wildman–Crippen LogP) is 2.65. The van der Waals surface area contributed by atoms with Crippen molar-refractivity contribution in [2.45, 2.75) is 25.7 Å². The van der Waals surface area contributed by atoms with Crippen LogP contribution in [0.15, 0.2) is 48.8 Å². The first-order valence-electron chi connectivity index (χ1n) is 9.34. The van der Waals surface area contributed by atoms with Crippen LogP contribution in [-0.4, -0.2) is 28.0 Å². The molecule has 0 unspecified atom stereocenters. The zero-order chi connectivity index (χ0) is 18.4. The Morgan fingerprint density at radius 3 is 2.89 bits per heavy atom. The van der Waals surface area contributed by atoms with Crippen LogP contribution < -0.4 is 10.3 Å². The summed E-state index contributed by atoms with van der Waals surface area (Å²) in [4.78, 5) is 31.3. The van der Waals surface area contributed by atoms with E-state index in [0.717, 1.165) is 29.6 Å². The first-order chi connectivity index (χ1) is 13.2. The summed E-state index contributed by atoms with van der Waals surface area (Å²) in [6.07, 6.45) is 5.19. The Balaban J connectivity index is 1.33. The molecule has 6 heteroatoms. The zero-order valence-electron chi connectivity index (χ0n) is 14.9. The number of hydrogen-bond acceptors (Lipinski definition) is 3. The zero-order valence-corrected chi connectivity index (χ0v) is 14.9. The second-order valence-electron chi connectivity index (χ2n) is 7.29. The molecule has 2 aromatic carbocycles. The van der Waals surface area contributed by atoms with Crippen LogP contribution in [0, 0.1) is 5.92 Å². The van der Waals surface area contributed by atoms with Gasteiger partial charge in [0.2, 0.25) is 11.8 Å². The smallest absolute Gasteiger partial charge is 0.244 e. The van der Waals surface area contributed by atoms with Crippen LogP contribution in [-0.2, 0) is 22.4 Å². The highest BCUT2D eigenvalue weighted by molar-refractivity contribution is 6.02. The van der Waals surface area contributed by atoms with Gasteiger partial charge in [0, 0.05) is 18.7 Å². The van der Waals surface area contributed by atoms with Crippen molar-refractivity contribution < 1.29 is 9.59 Å². The number of carbonyl (C=O) groups excluding carboxylic acids is 2. The van der Waals surface area contributed by atoms with E-state index in [1.54, 1.807) is 15.9 Å². The lowest BCUT2D eigenvalue weighted by Gasteiger charge is -2.18. The minimum absolute atomic E-state index is 0.00332. The first-order valence-corrected chi connectivity index (χ1v) is 9.34. The number of rotatable bonds is 3. The van der Waals surface area contributed by atoms with E-state index < -0.39 is 0 Å². The number of benzene rings is 2. The number of hydrogen-bond donors (Lipinski definition) is 1. The second kappa shape index (κ2) is 6.23. The van der Waals surface area contributed by atoms with Crippen LogP contribution in [0.4, 0.5) is 5.69 Å². The van der Waals surface area contributed by atoms with E-state index in [1.807, 2.05) is 30.3 Å². The lowest BCUT2D eigenvalue weighted by Crippen LogP contribution is -2.31.